The third-order valence-corrected chi connectivity index (χ3v) is 8.07. The zero-order valence-corrected chi connectivity index (χ0v) is 21.1. The lowest BCUT2D eigenvalue weighted by molar-refractivity contribution is 0.0695. The number of rotatable bonds is 7. The molecule has 0 aliphatic heterocycles. The van der Waals surface area contributed by atoms with Gasteiger partial charge < -0.3 is 19.2 Å². The average molecular weight is 516 g/mol. The first-order valence-corrected chi connectivity index (χ1v) is 13.1. The molecule has 1 fully saturated rings. The van der Waals surface area contributed by atoms with Crippen molar-refractivity contribution in [2.75, 3.05) is 7.11 Å². The van der Waals surface area contributed by atoms with Crippen LogP contribution in [0.4, 0.5) is 0 Å². The van der Waals surface area contributed by atoms with Crippen molar-refractivity contribution in [1.29, 1.82) is 0 Å². The topological polar surface area (TPSA) is 103 Å². The molecular weight excluding hydrogens is 490 g/mol. The van der Waals surface area contributed by atoms with E-state index < -0.39 is 11.4 Å². The van der Waals surface area contributed by atoms with Crippen molar-refractivity contribution in [2.24, 2.45) is 5.16 Å². The molecule has 6 rings (SSSR count). The van der Waals surface area contributed by atoms with Gasteiger partial charge in [-0.2, -0.15) is 0 Å². The number of hydrogen-bond donors (Lipinski definition) is 1. The van der Waals surface area contributed by atoms with Gasteiger partial charge in [-0.15, -0.1) is 11.3 Å². The van der Waals surface area contributed by atoms with Gasteiger partial charge in [-0.3, -0.25) is 9.78 Å². The summed E-state index contributed by atoms with van der Waals surface area (Å²) in [5, 5.41) is 14.4. The Labute approximate surface area is 216 Å². The Morgan fingerprint density at radius 3 is 2.81 bits per heavy atom. The zero-order chi connectivity index (χ0) is 25.5. The van der Waals surface area contributed by atoms with Gasteiger partial charge in [0, 0.05) is 39.3 Å². The maximum atomic E-state index is 13.0. The number of aromatic nitrogens is 2. The monoisotopic (exact) mass is 515 g/mol. The molecule has 9 heteroatoms. The Hall–Kier alpha value is -3.98. The van der Waals surface area contributed by atoms with Crippen LogP contribution in [0.2, 0.25) is 0 Å². The fraction of sp³-hybridized carbons (Fsp3) is 0.286. The van der Waals surface area contributed by atoms with Crippen LogP contribution in [0.1, 0.15) is 58.2 Å². The molecular formula is C28H25N3O5S. The maximum absolute atomic E-state index is 13.0. The van der Waals surface area contributed by atoms with Crippen molar-refractivity contribution in [1.82, 2.24) is 9.55 Å². The number of aryl methyl sites for hydroxylation is 1. The van der Waals surface area contributed by atoms with Gasteiger partial charge in [0.25, 0.3) is 0 Å². The highest BCUT2D eigenvalue weighted by Crippen LogP contribution is 2.45. The average Bonchev–Trinajstić information content (AvgIpc) is 3.66. The highest BCUT2D eigenvalue weighted by molar-refractivity contribution is 7.16. The number of pyridine rings is 2. The smallest absolute Gasteiger partial charge is 0.341 e. The highest BCUT2D eigenvalue weighted by Gasteiger charge is 2.30. The van der Waals surface area contributed by atoms with E-state index in [9.17, 15) is 14.7 Å². The van der Waals surface area contributed by atoms with Gasteiger partial charge in [0.2, 0.25) is 5.43 Å². The van der Waals surface area contributed by atoms with E-state index in [-0.39, 0.29) is 11.6 Å². The second-order valence-corrected chi connectivity index (χ2v) is 10.4. The van der Waals surface area contributed by atoms with Gasteiger partial charge in [0.05, 0.1) is 29.4 Å². The summed E-state index contributed by atoms with van der Waals surface area (Å²) in [4.78, 5) is 36.9. The SMILES string of the molecule is COc1c(-c2cc3c(s2)CCCC3=NOCc2ccccn2)ccc2c(=O)c(C(=O)O)cn(C3CC3)c12. The minimum atomic E-state index is -1.22. The number of methoxy groups -OCH3 is 1. The summed E-state index contributed by atoms with van der Waals surface area (Å²) in [5.74, 6) is -0.630. The Kier molecular flexibility index (Phi) is 6.00. The summed E-state index contributed by atoms with van der Waals surface area (Å²) < 4.78 is 7.81. The first kappa shape index (κ1) is 23.4. The molecule has 8 nitrogen and oxygen atoms in total. The highest BCUT2D eigenvalue weighted by atomic mass is 32.1. The fourth-order valence-corrected chi connectivity index (χ4v) is 6.15. The van der Waals surface area contributed by atoms with Crippen LogP contribution in [0.5, 0.6) is 5.75 Å². The molecule has 0 atom stereocenters. The Balaban J connectivity index is 1.42. The fourth-order valence-electron chi connectivity index (χ4n) is 4.91. The quantitative estimate of drug-likeness (QED) is 0.330. The number of nitrogens with zero attached hydrogens (tertiary/aromatic N) is 3. The van der Waals surface area contributed by atoms with Crippen LogP contribution in [-0.2, 0) is 17.9 Å². The number of benzene rings is 1. The number of ether oxygens (including phenoxy) is 1. The summed E-state index contributed by atoms with van der Waals surface area (Å²) in [6, 6.07) is 11.6. The van der Waals surface area contributed by atoms with E-state index in [1.165, 1.54) is 11.1 Å². The summed E-state index contributed by atoms with van der Waals surface area (Å²) >= 11 is 1.69. The molecule has 1 saturated carbocycles. The number of aromatic carboxylic acids is 1. The van der Waals surface area contributed by atoms with Crippen LogP contribution < -0.4 is 10.2 Å². The Morgan fingerprint density at radius 1 is 1.22 bits per heavy atom. The van der Waals surface area contributed by atoms with Crippen molar-refractivity contribution in [2.45, 2.75) is 44.8 Å². The van der Waals surface area contributed by atoms with Gasteiger partial charge in [0.15, 0.2) is 12.4 Å². The molecule has 0 spiro atoms. The lowest BCUT2D eigenvalue weighted by atomic mass is 9.96. The molecule has 3 heterocycles. The third kappa shape index (κ3) is 4.29. The minimum absolute atomic E-state index is 0.164. The minimum Gasteiger partial charge on any atom is -0.494 e. The summed E-state index contributed by atoms with van der Waals surface area (Å²) in [6.07, 6.45) is 7.88. The van der Waals surface area contributed by atoms with Crippen molar-refractivity contribution in [3.8, 4) is 16.2 Å². The molecule has 37 heavy (non-hydrogen) atoms. The zero-order valence-electron chi connectivity index (χ0n) is 20.3. The van der Waals surface area contributed by atoms with Crippen LogP contribution >= 0.6 is 11.3 Å². The number of carboxylic acid groups (broad SMARTS) is 1. The van der Waals surface area contributed by atoms with Crippen molar-refractivity contribution in [3.05, 3.63) is 80.7 Å². The van der Waals surface area contributed by atoms with Crippen LogP contribution in [0.15, 0.2) is 58.7 Å². The van der Waals surface area contributed by atoms with Crippen molar-refractivity contribution in [3.63, 3.8) is 0 Å². The molecule has 3 aromatic heterocycles. The second kappa shape index (κ2) is 9.48. The third-order valence-electron chi connectivity index (χ3n) is 6.84. The summed E-state index contributed by atoms with van der Waals surface area (Å²) in [7, 11) is 1.59. The first-order chi connectivity index (χ1) is 18.0. The lowest BCUT2D eigenvalue weighted by Gasteiger charge is -2.17. The van der Waals surface area contributed by atoms with Crippen LogP contribution in [0.3, 0.4) is 0 Å². The predicted molar refractivity (Wildman–Crippen MR) is 142 cm³/mol. The molecule has 1 N–H and O–H groups in total. The van der Waals surface area contributed by atoms with Gasteiger partial charge in [-0.05, 0) is 62.4 Å². The molecule has 1 aromatic carbocycles. The molecule has 0 unspecified atom stereocenters. The maximum Gasteiger partial charge on any atom is 0.341 e. The number of carbonyl (C=O) groups is 1. The molecule has 0 radical (unpaired) electrons. The Morgan fingerprint density at radius 2 is 2.08 bits per heavy atom. The van der Waals surface area contributed by atoms with Crippen LogP contribution in [0, 0.1) is 0 Å². The molecule has 188 valence electrons. The van der Waals surface area contributed by atoms with E-state index >= 15 is 0 Å². The Bertz CT molecular complexity index is 1600. The van der Waals surface area contributed by atoms with E-state index in [4.69, 9.17) is 9.57 Å². The summed E-state index contributed by atoms with van der Waals surface area (Å²) in [5.41, 5.74) is 3.64. The van der Waals surface area contributed by atoms with Gasteiger partial charge in [-0.25, -0.2) is 4.79 Å². The van der Waals surface area contributed by atoms with E-state index in [1.807, 2.05) is 28.8 Å². The lowest BCUT2D eigenvalue weighted by Crippen LogP contribution is -2.19. The number of hydrogen-bond acceptors (Lipinski definition) is 7. The molecule has 0 bridgehead atoms. The van der Waals surface area contributed by atoms with Crippen LogP contribution in [0.25, 0.3) is 21.3 Å². The molecule has 2 aliphatic rings. The number of carboxylic acids is 1. The van der Waals surface area contributed by atoms with Gasteiger partial charge >= 0.3 is 5.97 Å². The molecule has 0 amide bonds. The summed E-state index contributed by atoms with van der Waals surface area (Å²) in [6.45, 7) is 0.312. The normalized spacial score (nSPS) is 16.1. The van der Waals surface area contributed by atoms with Gasteiger partial charge in [0.1, 0.15) is 5.56 Å². The van der Waals surface area contributed by atoms with E-state index in [0.29, 0.717) is 23.3 Å². The number of oxime groups is 1. The van der Waals surface area contributed by atoms with Crippen molar-refractivity contribution >= 4 is 33.9 Å². The van der Waals surface area contributed by atoms with E-state index in [1.54, 1.807) is 30.7 Å². The molecule has 4 aromatic rings. The predicted octanol–water partition coefficient (Wildman–Crippen LogP) is 5.42. The first-order valence-electron chi connectivity index (χ1n) is 12.3. The largest absolute Gasteiger partial charge is 0.494 e. The number of thiophene rings is 1. The molecule has 2 aliphatic carbocycles. The van der Waals surface area contributed by atoms with Crippen molar-refractivity contribution < 1.29 is 19.5 Å². The van der Waals surface area contributed by atoms with E-state index in [2.05, 4.69) is 16.2 Å². The van der Waals surface area contributed by atoms with E-state index in [0.717, 1.165) is 59.5 Å². The molecule has 0 saturated heterocycles. The second-order valence-electron chi connectivity index (χ2n) is 9.29. The standard InChI is InChI=1S/C28H25N3O5S/c1-35-27-18(10-11-19-25(27)31(17-8-9-17)14-21(26(19)32)28(33)34)24-13-20-22(6-4-7-23(20)37-24)30-36-15-16-5-2-3-12-29-16/h2-3,5,10-14,17H,4,6-9,15H2,1H3,(H,33,34). The van der Waals surface area contributed by atoms with Gasteiger partial charge in [-0.1, -0.05) is 11.2 Å². The number of fused-ring (bicyclic) bond motifs is 2. The van der Waals surface area contributed by atoms with Crippen LogP contribution in [-0.4, -0.2) is 33.4 Å².